The van der Waals surface area contributed by atoms with Gasteiger partial charge in [0.25, 0.3) is 0 Å². The van der Waals surface area contributed by atoms with Crippen LogP contribution in [0.4, 0.5) is 0 Å². The van der Waals surface area contributed by atoms with Crippen LogP contribution >= 0.6 is 0 Å². The lowest BCUT2D eigenvalue weighted by Crippen LogP contribution is -2.00. The summed E-state index contributed by atoms with van der Waals surface area (Å²) in [4.78, 5) is 11.6. The van der Waals surface area contributed by atoms with Gasteiger partial charge >= 0.3 is 5.97 Å². The average Bonchev–Trinajstić information content (AvgIpc) is 2.46. The average molecular weight is 284 g/mol. The molecule has 2 heteroatoms. The van der Waals surface area contributed by atoms with Gasteiger partial charge < -0.3 is 4.74 Å². The highest BCUT2D eigenvalue weighted by Crippen LogP contribution is 2.06. The van der Waals surface area contributed by atoms with Crippen LogP contribution in [-0.4, -0.2) is 12.6 Å². The number of hydrogen-bond donors (Lipinski definition) is 0. The molecule has 0 amide bonds. The molecule has 112 valence electrons. The zero-order valence-electron chi connectivity index (χ0n) is 13.1. The van der Waals surface area contributed by atoms with Crippen molar-refractivity contribution in [2.75, 3.05) is 6.61 Å². The third kappa shape index (κ3) is 8.64. The van der Waals surface area contributed by atoms with Gasteiger partial charge in [-0.3, -0.25) is 0 Å². The lowest BCUT2D eigenvalue weighted by atomic mass is 10.1. The predicted octanol–water partition coefficient (Wildman–Crippen LogP) is 4.94. The molecule has 21 heavy (non-hydrogen) atoms. The second-order valence-corrected chi connectivity index (χ2v) is 5.24. The van der Waals surface area contributed by atoms with Crippen molar-refractivity contribution in [2.24, 2.45) is 0 Å². The predicted molar refractivity (Wildman–Crippen MR) is 88.9 cm³/mol. The van der Waals surface area contributed by atoms with Crippen molar-refractivity contribution in [3.63, 3.8) is 0 Å². The summed E-state index contributed by atoms with van der Waals surface area (Å²) >= 11 is 0. The number of carbonyl (C=O) groups is 1. The van der Waals surface area contributed by atoms with E-state index in [0.29, 0.717) is 6.61 Å². The molecule has 0 aliphatic rings. The maximum Gasteiger partial charge on any atom is 0.331 e. The van der Waals surface area contributed by atoms with Gasteiger partial charge in [0.2, 0.25) is 0 Å². The number of hydrogen-bond acceptors (Lipinski definition) is 2. The standard InChI is InChI=1S/C19H24O2/c1-16(2)8-7-9-17(3)14-15-21-19(20)13-12-18-10-5-4-6-11-18/h4-6,8,10-14H,7,9,15H2,1-3H3. The summed E-state index contributed by atoms with van der Waals surface area (Å²) in [5.41, 5.74) is 3.57. The number of ether oxygens (including phenoxy) is 1. The maximum absolute atomic E-state index is 11.6. The maximum atomic E-state index is 11.6. The van der Waals surface area contributed by atoms with E-state index in [9.17, 15) is 4.79 Å². The molecular weight excluding hydrogens is 260 g/mol. The van der Waals surface area contributed by atoms with E-state index in [0.717, 1.165) is 18.4 Å². The Hall–Kier alpha value is -2.09. The molecule has 0 saturated carbocycles. The van der Waals surface area contributed by atoms with E-state index in [2.05, 4.69) is 26.8 Å². The smallest absolute Gasteiger partial charge is 0.331 e. The van der Waals surface area contributed by atoms with Crippen molar-refractivity contribution in [3.05, 3.63) is 65.3 Å². The Morgan fingerprint density at radius 3 is 2.48 bits per heavy atom. The minimum Gasteiger partial charge on any atom is -0.458 e. The first-order valence-corrected chi connectivity index (χ1v) is 7.27. The number of rotatable bonds is 7. The fourth-order valence-corrected chi connectivity index (χ4v) is 1.73. The van der Waals surface area contributed by atoms with Gasteiger partial charge in [0, 0.05) is 6.08 Å². The molecule has 1 aromatic rings. The van der Waals surface area contributed by atoms with Crippen molar-refractivity contribution in [3.8, 4) is 0 Å². The second kappa shape index (κ2) is 9.76. The summed E-state index contributed by atoms with van der Waals surface area (Å²) in [6.45, 7) is 6.59. The summed E-state index contributed by atoms with van der Waals surface area (Å²) in [7, 11) is 0. The Balaban J connectivity index is 2.29. The molecule has 0 aliphatic carbocycles. The molecule has 0 aromatic heterocycles. The Morgan fingerprint density at radius 1 is 1.10 bits per heavy atom. The minimum absolute atomic E-state index is 0.313. The van der Waals surface area contributed by atoms with Crippen LogP contribution in [0.1, 0.15) is 39.2 Å². The van der Waals surface area contributed by atoms with E-state index in [1.165, 1.54) is 17.2 Å². The van der Waals surface area contributed by atoms with Gasteiger partial charge in [-0.25, -0.2) is 4.79 Å². The van der Waals surface area contributed by atoms with Crippen LogP contribution in [-0.2, 0) is 9.53 Å². The first kappa shape index (κ1) is 17.0. The van der Waals surface area contributed by atoms with Crippen LogP contribution < -0.4 is 0 Å². The topological polar surface area (TPSA) is 26.3 Å². The first-order chi connectivity index (χ1) is 10.1. The molecule has 2 nitrogen and oxygen atoms in total. The van der Waals surface area contributed by atoms with Gasteiger partial charge in [-0.05, 0) is 51.3 Å². The van der Waals surface area contributed by atoms with Gasteiger partial charge in [-0.15, -0.1) is 0 Å². The SMILES string of the molecule is CC(C)=CCCC(C)=CCOC(=O)C=Cc1ccccc1. The quantitative estimate of drug-likeness (QED) is 0.403. The van der Waals surface area contributed by atoms with Crippen LogP contribution in [0.25, 0.3) is 6.08 Å². The molecule has 0 N–H and O–H groups in total. The van der Waals surface area contributed by atoms with E-state index in [4.69, 9.17) is 4.74 Å². The normalized spacial score (nSPS) is 11.5. The Morgan fingerprint density at radius 2 is 1.81 bits per heavy atom. The lowest BCUT2D eigenvalue weighted by molar-refractivity contribution is -0.136. The number of allylic oxidation sites excluding steroid dienone is 3. The Labute approximate surface area is 127 Å². The third-order valence-corrected chi connectivity index (χ3v) is 2.96. The van der Waals surface area contributed by atoms with Crippen molar-refractivity contribution in [2.45, 2.75) is 33.6 Å². The summed E-state index contributed by atoms with van der Waals surface area (Å²) in [6.07, 6.45) is 9.43. The Bertz CT molecular complexity index is 518. The van der Waals surface area contributed by atoms with Gasteiger partial charge in [0.1, 0.15) is 6.61 Å². The van der Waals surface area contributed by atoms with Crippen molar-refractivity contribution in [1.82, 2.24) is 0 Å². The summed E-state index contributed by atoms with van der Waals surface area (Å²) in [5.74, 6) is -0.313. The van der Waals surface area contributed by atoms with Crippen molar-refractivity contribution >= 4 is 12.0 Å². The Kier molecular flexibility index (Phi) is 7.88. The van der Waals surface area contributed by atoms with Gasteiger partial charge in [0.15, 0.2) is 0 Å². The molecule has 0 bridgehead atoms. The first-order valence-electron chi connectivity index (χ1n) is 7.27. The van der Waals surface area contributed by atoms with E-state index in [-0.39, 0.29) is 5.97 Å². The zero-order chi connectivity index (χ0) is 15.5. The van der Waals surface area contributed by atoms with E-state index >= 15 is 0 Å². The molecule has 0 unspecified atom stereocenters. The number of esters is 1. The fourth-order valence-electron chi connectivity index (χ4n) is 1.73. The number of benzene rings is 1. The highest BCUT2D eigenvalue weighted by molar-refractivity contribution is 5.87. The second-order valence-electron chi connectivity index (χ2n) is 5.24. The van der Waals surface area contributed by atoms with Crippen LogP contribution in [0.3, 0.4) is 0 Å². The minimum atomic E-state index is -0.313. The molecule has 0 spiro atoms. The van der Waals surface area contributed by atoms with Gasteiger partial charge in [0.05, 0.1) is 0 Å². The van der Waals surface area contributed by atoms with Crippen molar-refractivity contribution < 1.29 is 9.53 Å². The largest absolute Gasteiger partial charge is 0.458 e. The lowest BCUT2D eigenvalue weighted by Gasteiger charge is -2.01. The zero-order valence-corrected chi connectivity index (χ0v) is 13.1. The molecule has 0 radical (unpaired) electrons. The van der Waals surface area contributed by atoms with Gasteiger partial charge in [-0.2, -0.15) is 0 Å². The highest BCUT2D eigenvalue weighted by Gasteiger charge is 1.95. The van der Waals surface area contributed by atoms with Crippen LogP contribution in [0.5, 0.6) is 0 Å². The van der Waals surface area contributed by atoms with Crippen LogP contribution in [0, 0.1) is 0 Å². The molecule has 0 heterocycles. The fraction of sp³-hybridized carbons (Fsp3) is 0.316. The molecule has 1 rings (SSSR count). The van der Waals surface area contributed by atoms with E-state index < -0.39 is 0 Å². The van der Waals surface area contributed by atoms with Crippen LogP contribution in [0.15, 0.2) is 59.7 Å². The molecule has 0 saturated heterocycles. The molecule has 0 aliphatic heterocycles. The molecule has 0 atom stereocenters. The highest BCUT2D eigenvalue weighted by atomic mass is 16.5. The molecule has 1 aromatic carbocycles. The summed E-state index contributed by atoms with van der Waals surface area (Å²) < 4.78 is 5.14. The monoisotopic (exact) mass is 284 g/mol. The van der Waals surface area contributed by atoms with E-state index in [1.807, 2.05) is 36.4 Å². The molecule has 0 fully saturated rings. The molecular formula is C19H24O2. The van der Waals surface area contributed by atoms with Crippen molar-refractivity contribution in [1.29, 1.82) is 0 Å². The summed E-state index contributed by atoms with van der Waals surface area (Å²) in [5, 5.41) is 0. The van der Waals surface area contributed by atoms with Gasteiger partial charge in [-0.1, -0.05) is 47.6 Å². The number of carbonyl (C=O) groups excluding carboxylic acids is 1. The van der Waals surface area contributed by atoms with Crippen LogP contribution in [0.2, 0.25) is 0 Å². The van der Waals surface area contributed by atoms with E-state index in [1.54, 1.807) is 6.08 Å². The summed E-state index contributed by atoms with van der Waals surface area (Å²) in [6, 6.07) is 9.69. The third-order valence-electron chi connectivity index (χ3n) is 2.96.